The number of amides is 1. The summed E-state index contributed by atoms with van der Waals surface area (Å²) in [5.41, 5.74) is 0. The molecule has 1 amide bonds. The molecule has 0 radical (unpaired) electrons. The Morgan fingerprint density at radius 1 is 0.760 bits per heavy atom. The first-order valence-corrected chi connectivity index (χ1v) is 11.0. The zero-order valence-corrected chi connectivity index (χ0v) is 16.0. The molecule has 3 fully saturated rings. The standard InChI is InChI=1S/C21H38N2O2/c24-21(22-18-9-5-2-1-3-6-10-18)17-23-15-13-20(14-16-23)25-19-11-7-4-8-12-19/h18-20H,1-17H2,(H,22,24). The molecular formula is C21H38N2O2. The Morgan fingerprint density at radius 3 is 1.96 bits per heavy atom. The number of carbonyl (C=O) groups is 1. The first-order valence-electron chi connectivity index (χ1n) is 11.0. The Balaban J connectivity index is 1.31. The molecule has 2 aliphatic carbocycles. The van der Waals surface area contributed by atoms with Crippen molar-refractivity contribution in [1.82, 2.24) is 10.2 Å². The molecule has 4 nitrogen and oxygen atoms in total. The lowest BCUT2D eigenvalue weighted by atomic mass is 9.96. The average molecular weight is 351 g/mol. The number of nitrogens with zero attached hydrogens (tertiary/aromatic N) is 1. The average Bonchev–Trinajstić information content (AvgIpc) is 2.60. The molecule has 1 aliphatic heterocycles. The van der Waals surface area contributed by atoms with E-state index in [1.807, 2.05) is 0 Å². The fraction of sp³-hybridized carbons (Fsp3) is 0.952. The smallest absolute Gasteiger partial charge is 0.234 e. The highest BCUT2D eigenvalue weighted by Crippen LogP contribution is 2.24. The maximum Gasteiger partial charge on any atom is 0.234 e. The summed E-state index contributed by atoms with van der Waals surface area (Å²) < 4.78 is 6.31. The van der Waals surface area contributed by atoms with E-state index in [2.05, 4.69) is 10.2 Å². The van der Waals surface area contributed by atoms with E-state index in [0.717, 1.165) is 25.9 Å². The van der Waals surface area contributed by atoms with Gasteiger partial charge >= 0.3 is 0 Å². The van der Waals surface area contributed by atoms with Crippen LogP contribution in [-0.4, -0.2) is 48.7 Å². The molecule has 25 heavy (non-hydrogen) atoms. The largest absolute Gasteiger partial charge is 0.375 e. The summed E-state index contributed by atoms with van der Waals surface area (Å²) in [7, 11) is 0. The summed E-state index contributed by atoms with van der Waals surface area (Å²) in [5.74, 6) is 0.234. The molecule has 1 heterocycles. The first kappa shape index (κ1) is 19.2. The van der Waals surface area contributed by atoms with Gasteiger partial charge in [0.15, 0.2) is 0 Å². The molecule has 0 aromatic carbocycles. The fourth-order valence-electron chi connectivity index (χ4n) is 4.75. The number of piperidine rings is 1. The predicted molar refractivity (Wildman–Crippen MR) is 102 cm³/mol. The van der Waals surface area contributed by atoms with Crippen molar-refractivity contribution in [1.29, 1.82) is 0 Å². The van der Waals surface area contributed by atoms with Gasteiger partial charge in [0.2, 0.25) is 5.91 Å². The van der Waals surface area contributed by atoms with Gasteiger partial charge in [-0.25, -0.2) is 0 Å². The summed E-state index contributed by atoms with van der Waals surface area (Å²) >= 11 is 0. The summed E-state index contributed by atoms with van der Waals surface area (Å²) in [4.78, 5) is 14.7. The third-order valence-electron chi connectivity index (χ3n) is 6.31. The maximum absolute atomic E-state index is 12.4. The van der Waals surface area contributed by atoms with Crippen LogP contribution in [0.4, 0.5) is 0 Å². The second kappa shape index (κ2) is 10.5. The number of likely N-dealkylation sites (tertiary alicyclic amines) is 1. The molecule has 4 heteroatoms. The third-order valence-corrected chi connectivity index (χ3v) is 6.31. The van der Waals surface area contributed by atoms with Crippen molar-refractivity contribution in [2.75, 3.05) is 19.6 Å². The van der Waals surface area contributed by atoms with Crippen LogP contribution in [0.3, 0.4) is 0 Å². The van der Waals surface area contributed by atoms with Crippen molar-refractivity contribution in [2.45, 2.75) is 108 Å². The van der Waals surface area contributed by atoms with Gasteiger partial charge in [-0.3, -0.25) is 9.69 Å². The molecule has 1 N–H and O–H groups in total. The van der Waals surface area contributed by atoms with Gasteiger partial charge in [-0.15, -0.1) is 0 Å². The molecule has 0 spiro atoms. The first-order chi connectivity index (χ1) is 12.3. The van der Waals surface area contributed by atoms with Gasteiger partial charge in [0.25, 0.3) is 0 Å². The summed E-state index contributed by atoms with van der Waals surface area (Å²) in [6.45, 7) is 2.59. The number of ether oxygens (including phenoxy) is 1. The fourth-order valence-corrected chi connectivity index (χ4v) is 4.75. The highest BCUT2D eigenvalue weighted by atomic mass is 16.5. The second-order valence-electron chi connectivity index (χ2n) is 8.48. The molecule has 0 bridgehead atoms. The van der Waals surface area contributed by atoms with Crippen molar-refractivity contribution in [3.8, 4) is 0 Å². The van der Waals surface area contributed by atoms with E-state index in [-0.39, 0.29) is 5.91 Å². The molecule has 3 aliphatic rings. The molecule has 0 unspecified atom stereocenters. The lowest BCUT2D eigenvalue weighted by Gasteiger charge is -2.34. The monoisotopic (exact) mass is 350 g/mol. The number of hydrogen-bond acceptors (Lipinski definition) is 3. The quantitative estimate of drug-likeness (QED) is 0.814. The van der Waals surface area contributed by atoms with Crippen LogP contribution >= 0.6 is 0 Å². The van der Waals surface area contributed by atoms with Gasteiger partial charge in [-0.1, -0.05) is 51.4 Å². The number of hydrogen-bond donors (Lipinski definition) is 1. The van der Waals surface area contributed by atoms with E-state index in [4.69, 9.17) is 4.74 Å². The van der Waals surface area contributed by atoms with Crippen LogP contribution in [-0.2, 0) is 9.53 Å². The van der Waals surface area contributed by atoms with Gasteiger partial charge in [-0.2, -0.15) is 0 Å². The van der Waals surface area contributed by atoms with Crippen molar-refractivity contribution in [3.63, 3.8) is 0 Å². The van der Waals surface area contributed by atoms with Crippen molar-refractivity contribution in [3.05, 3.63) is 0 Å². The van der Waals surface area contributed by atoms with Gasteiger partial charge in [-0.05, 0) is 38.5 Å². The minimum absolute atomic E-state index is 0.234. The van der Waals surface area contributed by atoms with Crippen LogP contribution in [0, 0.1) is 0 Å². The van der Waals surface area contributed by atoms with E-state index in [0.29, 0.717) is 24.8 Å². The van der Waals surface area contributed by atoms with Gasteiger partial charge in [0.1, 0.15) is 0 Å². The van der Waals surface area contributed by atoms with E-state index in [1.54, 1.807) is 0 Å². The molecule has 1 saturated heterocycles. The Kier molecular flexibility index (Phi) is 8.06. The topological polar surface area (TPSA) is 41.6 Å². The van der Waals surface area contributed by atoms with Crippen molar-refractivity contribution < 1.29 is 9.53 Å². The maximum atomic E-state index is 12.4. The Hall–Kier alpha value is -0.610. The molecule has 3 rings (SSSR count). The number of nitrogens with one attached hydrogen (secondary N) is 1. The Bertz CT molecular complexity index is 379. The lowest BCUT2D eigenvalue weighted by Crippen LogP contribution is -2.46. The summed E-state index contributed by atoms with van der Waals surface area (Å²) in [5, 5.41) is 3.30. The van der Waals surface area contributed by atoms with Crippen LogP contribution in [0.5, 0.6) is 0 Å². The van der Waals surface area contributed by atoms with Crippen LogP contribution in [0.1, 0.15) is 89.9 Å². The van der Waals surface area contributed by atoms with Crippen LogP contribution in [0.2, 0.25) is 0 Å². The summed E-state index contributed by atoms with van der Waals surface area (Å²) in [6.07, 6.45) is 18.6. The predicted octanol–water partition coefficient (Wildman–Crippen LogP) is 4.03. The molecule has 0 atom stereocenters. The molecular weight excluding hydrogens is 312 g/mol. The molecule has 0 aromatic rings. The van der Waals surface area contributed by atoms with E-state index in [1.165, 1.54) is 77.0 Å². The zero-order chi connectivity index (χ0) is 17.3. The van der Waals surface area contributed by atoms with Crippen LogP contribution in [0.15, 0.2) is 0 Å². The zero-order valence-electron chi connectivity index (χ0n) is 16.0. The van der Waals surface area contributed by atoms with Gasteiger partial charge in [0, 0.05) is 19.1 Å². The number of carbonyl (C=O) groups excluding carboxylic acids is 1. The highest BCUT2D eigenvalue weighted by Gasteiger charge is 2.25. The van der Waals surface area contributed by atoms with Gasteiger partial charge < -0.3 is 10.1 Å². The Labute approximate surface area is 154 Å². The lowest BCUT2D eigenvalue weighted by molar-refractivity contribution is -0.124. The van der Waals surface area contributed by atoms with Crippen molar-refractivity contribution in [2.24, 2.45) is 0 Å². The molecule has 0 aromatic heterocycles. The molecule has 2 saturated carbocycles. The second-order valence-corrected chi connectivity index (χ2v) is 8.48. The summed E-state index contributed by atoms with van der Waals surface area (Å²) in [6, 6.07) is 0.417. The van der Waals surface area contributed by atoms with E-state index in [9.17, 15) is 4.79 Å². The van der Waals surface area contributed by atoms with Crippen LogP contribution < -0.4 is 5.32 Å². The Morgan fingerprint density at radius 2 is 1.28 bits per heavy atom. The normalized spacial score (nSPS) is 26.1. The van der Waals surface area contributed by atoms with Crippen LogP contribution in [0.25, 0.3) is 0 Å². The molecule has 144 valence electrons. The van der Waals surface area contributed by atoms with E-state index < -0.39 is 0 Å². The van der Waals surface area contributed by atoms with Gasteiger partial charge in [0.05, 0.1) is 18.8 Å². The minimum Gasteiger partial charge on any atom is -0.375 e. The van der Waals surface area contributed by atoms with Crippen molar-refractivity contribution >= 4 is 5.91 Å². The minimum atomic E-state index is 0.234. The highest BCUT2D eigenvalue weighted by molar-refractivity contribution is 5.78. The van der Waals surface area contributed by atoms with E-state index >= 15 is 0 Å². The number of rotatable bonds is 5. The third kappa shape index (κ3) is 6.90. The SMILES string of the molecule is O=C(CN1CCC(OC2CCCCC2)CC1)NC1CCCCCCC1.